The molecule has 1 saturated heterocycles. The Morgan fingerprint density at radius 1 is 1.03 bits per heavy atom. The van der Waals surface area contributed by atoms with Gasteiger partial charge in [0.2, 0.25) is 0 Å². The van der Waals surface area contributed by atoms with Crippen LogP contribution in [0.1, 0.15) is 64.0 Å². The quantitative estimate of drug-likeness (QED) is 0.671. The summed E-state index contributed by atoms with van der Waals surface area (Å²) < 4.78 is 0. The highest BCUT2D eigenvalue weighted by molar-refractivity contribution is 5.92. The number of likely N-dealkylation sites (tertiary alicyclic amines) is 1. The minimum absolute atomic E-state index is 0.00263. The van der Waals surface area contributed by atoms with Gasteiger partial charge < -0.3 is 10.0 Å². The molecule has 0 unspecified atom stereocenters. The molecule has 31 heavy (non-hydrogen) atoms. The highest BCUT2D eigenvalue weighted by Crippen LogP contribution is 2.44. The molecule has 1 aliphatic heterocycles. The normalized spacial score (nSPS) is 18.4. The van der Waals surface area contributed by atoms with Gasteiger partial charge in [-0.3, -0.25) is 9.78 Å². The maximum atomic E-state index is 12.8. The highest BCUT2D eigenvalue weighted by Gasteiger charge is 2.30. The third kappa shape index (κ3) is 3.98. The number of aliphatic hydroxyl groups excluding tert-OH is 1. The predicted octanol–water partition coefficient (Wildman–Crippen LogP) is 4.45. The molecule has 158 valence electrons. The lowest BCUT2D eigenvalue weighted by Gasteiger charge is -2.19. The molecule has 1 aliphatic carbocycles. The summed E-state index contributed by atoms with van der Waals surface area (Å²) in [6, 6.07) is 15.1. The van der Waals surface area contributed by atoms with Crippen LogP contribution in [0.15, 0.2) is 54.9 Å². The average molecular weight is 414 g/mol. The molecule has 5 rings (SSSR count). The Kier molecular flexibility index (Phi) is 5.28. The molecule has 1 atom stereocenters. The molecule has 3 aromatic rings. The zero-order chi connectivity index (χ0) is 21.4. The number of rotatable bonds is 5. The van der Waals surface area contributed by atoms with E-state index in [4.69, 9.17) is 0 Å². The maximum Gasteiger partial charge on any atom is 0.274 e. The van der Waals surface area contributed by atoms with Gasteiger partial charge in [-0.1, -0.05) is 36.4 Å². The molecule has 0 bridgehead atoms. The fourth-order valence-corrected chi connectivity index (χ4v) is 4.68. The van der Waals surface area contributed by atoms with Gasteiger partial charge in [-0.25, -0.2) is 4.98 Å². The number of aryl methyl sites for hydroxylation is 1. The summed E-state index contributed by atoms with van der Waals surface area (Å²) in [5.74, 6) is 0.820. The summed E-state index contributed by atoms with van der Waals surface area (Å²) >= 11 is 0. The van der Waals surface area contributed by atoms with Crippen LogP contribution >= 0.6 is 0 Å². The van der Waals surface area contributed by atoms with E-state index < -0.39 is 0 Å². The van der Waals surface area contributed by atoms with E-state index in [2.05, 4.69) is 52.4 Å². The summed E-state index contributed by atoms with van der Waals surface area (Å²) in [6.45, 7) is 3.19. The number of carbonyl (C=O) groups excluding carboxylic acids is 1. The van der Waals surface area contributed by atoms with Gasteiger partial charge in [0, 0.05) is 25.2 Å². The Balaban J connectivity index is 1.37. The maximum absolute atomic E-state index is 12.8. The van der Waals surface area contributed by atoms with Crippen molar-refractivity contribution < 1.29 is 9.90 Å². The van der Waals surface area contributed by atoms with E-state index >= 15 is 0 Å². The van der Waals surface area contributed by atoms with Crippen molar-refractivity contribution in [2.24, 2.45) is 0 Å². The van der Waals surface area contributed by atoms with Gasteiger partial charge in [0.1, 0.15) is 5.69 Å². The van der Waals surface area contributed by atoms with Crippen molar-refractivity contribution in [3.8, 4) is 11.1 Å². The van der Waals surface area contributed by atoms with Gasteiger partial charge in [-0.15, -0.1) is 0 Å². The Labute approximate surface area is 182 Å². The van der Waals surface area contributed by atoms with Crippen LogP contribution in [-0.4, -0.2) is 39.0 Å². The van der Waals surface area contributed by atoms with Crippen LogP contribution in [0.25, 0.3) is 11.1 Å². The van der Waals surface area contributed by atoms with E-state index in [9.17, 15) is 9.90 Å². The van der Waals surface area contributed by atoms with Gasteiger partial charge in [0.05, 0.1) is 18.5 Å². The Morgan fingerprint density at radius 2 is 1.87 bits per heavy atom. The van der Waals surface area contributed by atoms with Crippen LogP contribution in [0, 0.1) is 6.92 Å². The second-order valence-electron chi connectivity index (χ2n) is 8.71. The van der Waals surface area contributed by atoms with E-state index in [1.165, 1.54) is 24.0 Å². The Bertz CT molecular complexity index is 1110. The first kappa shape index (κ1) is 19.9. The van der Waals surface area contributed by atoms with Crippen LogP contribution in [0.2, 0.25) is 0 Å². The van der Waals surface area contributed by atoms with Crippen molar-refractivity contribution in [1.82, 2.24) is 14.9 Å². The second kappa shape index (κ2) is 8.23. The number of hydrogen-bond acceptors (Lipinski definition) is 4. The third-order valence-electron chi connectivity index (χ3n) is 6.52. The zero-order valence-electron chi connectivity index (χ0n) is 17.8. The zero-order valence-corrected chi connectivity index (χ0v) is 17.8. The van der Waals surface area contributed by atoms with Gasteiger partial charge in [-0.2, -0.15) is 0 Å². The van der Waals surface area contributed by atoms with Crippen LogP contribution in [0.3, 0.4) is 0 Å². The number of benzene rings is 2. The average Bonchev–Trinajstić information content (AvgIpc) is 3.55. The molecule has 5 heteroatoms. The number of nitrogens with zero attached hydrogens (tertiary/aromatic N) is 3. The molecular weight excluding hydrogens is 386 g/mol. The smallest absolute Gasteiger partial charge is 0.274 e. The van der Waals surface area contributed by atoms with Gasteiger partial charge >= 0.3 is 0 Å². The molecule has 2 heterocycles. The molecule has 2 aromatic carbocycles. The topological polar surface area (TPSA) is 66.3 Å². The van der Waals surface area contributed by atoms with Crippen LogP contribution in [-0.2, 0) is 6.61 Å². The van der Waals surface area contributed by atoms with Gasteiger partial charge in [0.25, 0.3) is 5.91 Å². The lowest BCUT2D eigenvalue weighted by molar-refractivity contribution is 0.0784. The van der Waals surface area contributed by atoms with Crippen LogP contribution in [0.5, 0.6) is 0 Å². The Morgan fingerprint density at radius 3 is 2.61 bits per heavy atom. The van der Waals surface area contributed by atoms with Crippen molar-refractivity contribution in [1.29, 1.82) is 0 Å². The van der Waals surface area contributed by atoms with Crippen LogP contribution in [0.4, 0.5) is 0 Å². The van der Waals surface area contributed by atoms with E-state index in [0.29, 0.717) is 24.7 Å². The fourth-order valence-electron chi connectivity index (χ4n) is 4.68. The third-order valence-corrected chi connectivity index (χ3v) is 6.52. The molecule has 5 nitrogen and oxygen atoms in total. The number of hydrogen-bond donors (Lipinski definition) is 1. The summed E-state index contributed by atoms with van der Waals surface area (Å²) in [4.78, 5) is 23.1. The van der Waals surface area contributed by atoms with E-state index in [1.54, 1.807) is 12.4 Å². The van der Waals surface area contributed by atoms with Gasteiger partial charge in [-0.05, 0) is 66.0 Å². The molecule has 1 amide bonds. The summed E-state index contributed by atoms with van der Waals surface area (Å²) in [7, 11) is 0. The lowest BCUT2D eigenvalue weighted by Crippen LogP contribution is -2.29. The van der Waals surface area contributed by atoms with Crippen molar-refractivity contribution >= 4 is 5.91 Å². The van der Waals surface area contributed by atoms with Crippen LogP contribution < -0.4 is 0 Å². The summed E-state index contributed by atoms with van der Waals surface area (Å²) in [5.41, 5.74) is 7.13. The monoisotopic (exact) mass is 413 g/mol. The SMILES string of the molecule is Cc1cnc(C(=O)N2CC[C@@H](c3ccc(-c4ccccc4C4CC4)cc3CO)C2)cn1. The van der Waals surface area contributed by atoms with Gasteiger partial charge in [0.15, 0.2) is 0 Å². The summed E-state index contributed by atoms with van der Waals surface area (Å²) in [5, 5.41) is 10.1. The number of carbonyl (C=O) groups is 1. The second-order valence-corrected chi connectivity index (χ2v) is 8.71. The first-order valence-corrected chi connectivity index (χ1v) is 11.0. The predicted molar refractivity (Wildman–Crippen MR) is 120 cm³/mol. The largest absolute Gasteiger partial charge is 0.392 e. The number of aliphatic hydroxyl groups is 1. The number of amides is 1. The molecular formula is C26H27N3O2. The molecule has 1 N–H and O–H groups in total. The highest BCUT2D eigenvalue weighted by atomic mass is 16.3. The van der Waals surface area contributed by atoms with E-state index in [0.717, 1.165) is 28.8 Å². The van der Waals surface area contributed by atoms with Crippen molar-refractivity contribution in [3.05, 3.63) is 82.9 Å². The first-order valence-electron chi connectivity index (χ1n) is 11.0. The minimum atomic E-state index is -0.0736. The molecule has 0 radical (unpaired) electrons. The minimum Gasteiger partial charge on any atom is -0.392 e. The van der Waals surface area contributed by atoms with Crippen molar-refractivity contribution in [3.63, 3.8) is 0 Å². The lowest BCUT2D eigenvalue weighted by atomic mass is 9.89. The van der Waals surface area contributed by atoms with Crippen molar-refractivity contribution in [2.75, 3.05) is 13.1 Å². The fraction of sp³-hybridized carbons (Fsp3) is 0.346. The molecule has 0 spiro atoms. The first-order chi connectivity index (χ1) is 15.1. The van der Waals surface area contributed by atoms with E-state index in [-0.39, 0.29) is 18.4 Å². The summed E-state index contributed by atoms with van der Waals surface area (Å²) in [6.07, 6.45) is 6.59. The Hall–Kier alpha value is -3.05. The molecule has 1 saturated carbocycles. The molecule has 2 aliphatic rings. The molecule has 2 fully saturated rings. The molecule has 1 aromatic heterocycles. The van der Waals surface area contributed by atoms with E-state index in [1.807, 2.05) is 11.8 Å². The van der Waals surface area contributed by atoms with Crippen molar-refractivity contribution in [2.45, 2.75) is 44.6 Å². The number of aromatic nitrogens is 2. The standard InChI is InChI=1S/C26H27N3O2/c1-17-13-28-25(14-27-17)26(31)29-11-10-20(15-29)22-9-8-19(12-21(22)16-30)24-5-3-2-4-23(24)18-6-7-18/h2-5,8-9,12-14,18,20,30H,6-7,10-11,15-16H2,1H3/t20-/m1/s1.